The zero-order valence-electron chi connectivity index (χ0n) is 25.1. The van der Waals surface area contributed by atoms with E-state index in [1.807, 2.05) is 11.0 Å². The molecule has 48 heavy (non-hydrogen) atoms. The van der Waals surface area contributed by atoms with Crippen molar-refractivity contribution in [2.24, 2.45) is 0 Å². The van der Waals surface area contributed by atoms with Crippen molar-refractivity contribution in [3.05, 3.63) is 34.4 Å². The average Bonchev–Trinajstić information content (AvgIpc) is 3.41. The highest BCUT2D eigenvalue weighted by Gasteiger charge is 2.55. The number of halogens is 7. The van der Waals surface area contributed by atoms with E-state index in [4.69, 9.17) is 26.8 Å². The van der Waals surface area contributed by atoms with E-state index in [-0.39, 0.29) is 92.2 Å². The second-order valence-corrected chi connectivity index (χ2v) is 14.3. The van der Waals surface area contributed by atoms with Gasteiger partial charge in [-0.1, -0.05) is 17.7 Å². The van der Waals surface area contributed by atoms with Gasteiger partial charge in [0.2, 0.25) is 0 Å². The standard InChI is InChI=1S/C32H27ClF6N6O2S/c33-23-21(15-2-3-17(35)27-20(15)16(9-40)28(41)48-27)24(38)25-22-26(23)46-12-18(32(39)5-6-32)45(11-19(36)37)29(22)43-30(42-25)47-13-31-4-1-7-44(31)10-14(34)8-31/h2-3,14,18-19H,1,4-8,10-13,41H2/t14-,18?,31+/m1/s1. The molecule has 1 aliphatic carbocycles. The fourth-order valence-corrected chi connectivity index (χ4v) is 8.96. The molecule has 2 saturated heterocycles. The van der Waals surface area contributed by atoms with E-state index >= 15 is 8.78 Å². The molecule has 3 aliphatic heterocycles. The number of nitrogens with zero attached hydrogens (tertiary/aromatic N) is 5. The van der Waals surface area contributed by atoms with Gasteiger partial charge in [-0.05, 0) is 43.9 Å². The third kappa shape index (κ3) is 4.74. The van der Waals surface area contributed by atoms with Gasteiger partial charge in [0, 0.05) is 23.9 Å². The van der Waals surface area contributed by atoms with Gasteiger partial charge in [-0.15, -0.1) is 11.3 Å². The fraction of sp³-hybridized carbons (Fsp3) is 0.469. The Labute approximate surface area is 279 Å². The van der Waals surface area contributed by atoms with Crippen LogP contribution in [0.1, 0.15) is 37.7 Å². The average molecular weight is 709 g/mol. The van der Waals surface area contributed by atoms with Crippen molar-refractivity contribution in [2.75, 3.05) is 43.5 Å². The number of fused-ring (bicyclic) bond motifs is 2. The SMILES string of the molecule is N#Cc1c(N)sc2c(F)ccc(-c3c(Cl)c4c5c(nc(OC[C@@]67CCCN6C[C@H](F)C7)nc5c3F)N(CC(F)F)C(C3(F)CC3)CO4)c12. The fourth-order valence-electron chi connectivity index (χ4n) is 7.68. The van der Waals surface area contributed by atoms with Gasteiger partial charge in [-0.2, -0.15) is 15.2 Å². The van der Waals surface area contributed by atoms with Gasteiger partial charge in [0.05, 0.1) is 38.8 Å². The molecule has 3 atom stereocenters. The minimum atomic E-state index is -2.93. The number of anilines is 2. The molecule has 4 aromatic rings. The number of aromatic nitrogens is 2. The third-order valence-electron chi connectivity index (χ3n) is 10.1. The predicted octanol–water partition coefficient (Wildman–Crippen LogP) is 7.19. The monoisotopic (exact) mass is 708 g/mol. The summed E-state index contributed by atoms with van der Waals surface area (Å²) in [6.45, 7) is -0.508. The van der Waals surface area contributed by atoms with Crippen molar-refractivity contribution in [1.82, 2.24) is 14.9 Å². The minimum Gasteiger partial charge on any atom is -0.489 e. The molecule has 252 valence electrons. The van der Waals surface area contributed by atoms with Crippen molar-refractivity contribution < 1.29 is 35.8 Å². The summed E-state index contributed by atoms with van der Waals surface area (Å²) in [7, 11) is 0. The zero-order valence-corrected chi connectivity index (χ0v) is 26.7. The lowest BCUT2D eigenvalue weighted by atomic mass is 9.95. The first-order valence-electron chi connectivity index (χ1n) is 15.5. The number of hydrogen-bond acceptors (Lipinski definition) is 9. The second kappa shape index (κ2) is 11.1. The first-order valence-corrected chi connectivity index (χ1v) is 16.7. The van der Waals surface area contributed by atoms with Crippen LogP contribution in [0, 0.1) is 23.0 Å². The summed E-state index contributed by atoms with van der Waals surface area (Å²) >= 11 is 7.70. The molecule has 5 heterocycles. The zero-order chi connectivity index (χ0) is 33.7. The van der Waals surface area contributed by atoms with Gasteiger partial charge >= 0.3 is 6.01 Å². The van der Waals surface area contributed by atoms with E-state index in [1.165, 1.54) is 6.07 Å². The lowest BCUT2D eigenvalue weighted by Gasteiger charge is -2.33. The number of nitrogens with two attached hydrogens (primary N) is 1. The Balaban J connectivity index is 1.37. The maximum atomic E-state index is 17.1. The Morgan fingerprint density at radius 1 is 1.21 bits per heavy atom. The molecule has 0 amide bonds. The second-order valence-electron chi connectivity index (χ2n) is 12.9. The number of ether oxygens (including phenoxy) is 2. The van der Waals surface area contributed by atoms with Gasteiger partial charge in [0.25, 0.3) is 6.43 Å². The van der Waals surface area contributed by atoms with Gasteiger partial charge in [-0.25, -0.2) is 26.3 Å². The highest BCUT2D eigenvalue weighted by Crippen LogP contribution is 2.54. The van der Waals surface area contributed by atoms with Crippen molar-refractivity contribution in [2.45, 2.75) is 62.0 Å². The molecule has 2 aromatic heterocycles. The molecule has 1 saturated carbocycles. The van der Waals surface area contributed by atoms with E-state index in [9.17, 15) is 22.8 Å². The number of nitrogen functional groups attached to an aromatic ring is 1. The van der Waals surface area contributed by atoms with Crippen LogP contribution < -0.4 is 20.1 Å². The predicted molar refractivity (Wildman–Crippen MR) is 169 cm³/mol. The summed E-state index contributed by atoms with van der Waals surface area (Å²) in [5.74, 6) is -2.18. The van der Waals surface area contributed by atoms with Crippen molar-refractivity contribution in [1.29, 1.82) is 5.26 Å². The van der Waals surface area contributed by atoms with E-state index in [1.54, 1.807) is 0 Å². The van der Waals surface area contributed by atoms with E-state index in [0.717, 1.165) is 28.7 Å². The summed E-state index contributed by atoms with van der Waals surface area (Å²) in [6, 6.07) is 2.65. The maximum Gasteiger partial charge on any atom is 0.319 e. The van der Waals surface area contributed by atoms with Crippen LogP contribution in [0.25, 0.3) is 32.1 Å². The summed E-state index contributed by atoms with van der Waals surface area (Å²) in [6.07, 6.45) is -2.12. The van der Waals surface area contributed by atoms with Crippen molar-refractivity contribution >= 4 is 54.7 Å². The number of thiophene rings is 1. The third-order valence-corrected chi connectivity index (χ3v) is 11.5. The Morgan fingerprint density at radius 2 is 2.00 bits per heavy atom. The molecular weight excluding hydrogens is 682 g/mol. The first kappa shape index (κ1) is 31.5. The van der Waals surface area contributed by atoms with Crippen LogP contribution >= 0.6 is 22.9 Å². The van der Waals surface area contributed by atoms with Gasteiger partial charge in [0.15, 0.2) is 11.6 Å². The molecule has 0 radical (unpaired) electrons. The molecule has 0 spiro atoms. The largest absolute Gasteiger partial charge is 0.489 e. The van der Waals surface area contributed by atoms with Gasteiger partial charge in [-0.3, -0.25) is 4.90 Å². The Kier molecular flexibility index (Phi) is 7.32. The number of hydrogen-bond donors (Lipinski definition) is 1. The molecule has 0 bridgehead atoms. The summed E-state index contributed by atoms with van der Waals surface area (Å²) in [5.41, 5.74) is 2.69. The molecule has 1 unspecified atom stereocenters. The van der Waals surface area contributed by atoms with Crippen molar-refractivity contribution in [3.63, 3.8) is 0 Å². The van der Waals surface area contributed by atoms with E-state index in [0.29, 0.717) is 13.0 Å². The lowest BCUT2D eigenvalue weighted by molar-refractivity contribution is 0.107. The summed E-state index contributed by atoms with van der Waals surface area (Å²) in [4.78, 5) is 11.9. The Morgan fingerprint density at radius 3 is 2.73 bits per heavy atom. The minimum absolute atomic E-state index is 0.00400. The Hall–Kier alpha value is -3.74. The summed E-state index contributed by atoms with van der Waals surface area (Å²) in [5, 5.41) is 9.40. The molecule has 8 rings (SSSR count). The van der Waals surface area contributed by atoms with Crippen LogP contribution in [-0.2, 0) is 0 Å². The lowest BCUT2D eigenvalue weighted by Crippen LogP contribution is -2.49. The molecule has 8 nitrogen and oxygen atoms in total. The van der Waals surface area contributed by atoms with Crippen molar-refractivity contribution in [3.8, 4) is 29.0 Å². The molecule has 3 fully saturated rings. The van der Waals surface area contributed by atoms with E-state index in [2.05, 4.69) is 9.97 Å². The molecule has 2 N–H and O–H groups in total. The smallest absolute Gasteiger partial charge is 0.319 e. The van der Waals surface area contributed by atoms with Crippen LogP contribution in [0.3, 0.4) is 0 Å². The number of nitriles is 1. The van der Waals surface area contributed by atoms with Crippen LogP contribution in [0.5, 0.6) is 11.8 Å². The molecule has 16 heteroatoms. The summed E-state index contributed by atoms with van der Waals surface area (Å²) < 4.78 is 103. The first-order chi connectivity index (χ1) is 22.9. The number of alkyl halides is 4. The molecule has 4 aliphatic rings. The van der Waals surface area contributed by atoms with Gasteiger partial charge in [0.1, 0.15) is 53.3 Å². The highest BCUT2D eigenvalue weighted by molar-refractivity contribution is 7.23. The molecular formula is C32H27ClF6N6O2S. The van der Waals surface area contributed by atoms with E-state index < -0.39 is 60.1 Å². The van der Waals surface area contributed by atoms with Crippen LogP contribution in [0.2, 0.25) is 5.02 Å². The van der Waals surface area contributed by atoms with Crippen LogP contribution in [-0.4, -0.2) is 77.6 Å². The number of benzene rings is 2. The van der Waals surface area contributed by atoms with Crippen LogP contribution in [0.4, 0.5) is 37.2 Å². The topological polar surface area (TPSA) is 101 Å². The van der Waals surface area contributed by atoms with Crippen LogP contribution in [0.15, 0.2) is 12.1 Å². The highest BCUT2D eigenvalue weighted by atomic mass is 35.5. The quantitative estimate of drug-likeness (QED) is 0.202. The Bertz CT molecular complexity index is 2040. The molecule has 2 aromatic carbocycles. The normalized spacial score (nSPS) is 24.6. The maximum absolute atomic E-state index is 17.1. The van der Waals surface area contributed by atoms with Gasteiger partial charge < -0.3 is 20.1 Å². The number of rotatable bonds is 7.